The first kappa shape index (κ1) is 28.0. The second-order valence-electron chi connectivity index (χ2n) is 10.6. The summed E-state index contributed by atoms with van der Waals surface area (Å²) < 4.78 is 5.66. The Kier molecular flexibility index (Phi) is 9.95. The number of nitrogens with zero attached hydrogens (tertiary/aromatic N) is 5. The van der Waals surface area contributed by atoms with Gasteiger partial charge in [-0.1, -0.05) is 60.7 Å². The molecule has 9 heteroatoms. The Bertz CT molecular complexity index is 1260. The molecule has 1 N–H and O–H groups in total. The first-order valence-electron chi connectivity index (χ1n) is 14.4. The van der Waals surface area contributed by atoms with Gasteiger partial charge in [-0.05, 0) is 24.0 Å². The highest BCUT2D eigenvalue weighted by Crippen LogP contribution is 2.13. The van der Waals surface area contributed by atoms with E-state index >= 15 is 0 Å². The molecule has 40 heavy (non-hydrogen) atoms. The van der Waals surface area contributed by atoms with E-state index in [1.54, 1.807) is 6.07 Å². The smallest absolute Gasteiger partial charge is 0.252 e. The van der Waals surface area contributed by atoms with E-state index in [0.717, 1.165) is 63.4 Å². The van der Waals surface area contributed by atoms with Crippen LogP contribution in [-0.4, -0.2) is 96.1 Å². The summed E-state index contributed by atoms with van der Waals surface area (Å²) in [5.74, 6) is 0.592. The minimum atomic E-state index is -0.131. The molecule has 5 rings (SSSR count). The Morgan fingerprint density at radius 3 is 2.27 bits per heavy atom. The second kappa shape index (κ2) is 14.2. The first-order valence-corrected chi connectivity index (χ1v) is 14.4. The minimum absolute atomic E-state index is 0.00380. The molecule has 9 nitrogen and oxygen atoms in total. The van der Waals surface area contributed by atoms with Crippen LogP contribution in [0, 0.1) is 0 Å². The molecule has 2 aliphatic rings. The van der Waals surface area contributed by atoms with Gasteiger partial charge in [0.05, 0.1) is 12.3 Å². The van der Waals surface area contributed by atoms with Crippen molar-refractivity contribution < 1.29 is 9.53 Å². The first-order chi connectivity index (χ1) is 19.6. The molecule has 0 radical (unpaired) electrons. The number of ether oxygens (including phenoxy) is 1. The lowest BCUT2D eigenvalue weighted by Gasteiger charge is -2.34. The Hall–Kier alpha value is -3.53. The summed E-state index contributed by atoms with van der Waals surface area (Å²) in [6, 6.07) is 22.1. The lowest BCUT2D eigenvalue weighted by Crippen LogP contribution is -2.46. The van der Waals surface area contributed by atoms with E-state index in [-0.39, 0.29) is 18.1 Å². The summed E-state index contributed by atoms with van der Waals surface area (Å²) in [5, 5.41) is 0. The molecule has 2 aliphatic heterocycles. The van der Waals surface area contributed by atoms with E-state index in [1.165, 1.54) is 5.56 Å². The number of aromatic nitrogens is 2. The average molecular weight is 545 g/mol. The molecule has 0 spiro atoms. The fraction of sp³-hybridized carbons (Fsp3) is 0.452. The maximum absolute atomic E-state index is 12.8. The van der Waals surface area contributed by atoms with Crippen molar-refractivity contribution in [2.45, 2.75) is 26.0 Å². The van der Waals surface area contributed by atoms with Crippen LogP contribution in [0.3, 0.4) is 0 Å². The number of anilines is 1. The average Bonchev–Trinajstić information content (AvgIpc) is 3.24. The molecule has 2 aromatic carbocycles. The van der Waals surface area contributed by atoms with E-state index in [1.807, 2.05) is 35.2 Å². The number of carbonyl (C=O) groups excluding carboxylic acids is 1. The lowest BCUT2D eigenvalue weighted by atomic mass is 10.1. The molecule has 0 unspecified atom stereocenters. The Morgan fingerprint density at radius 2 is 1.52 bits per heavy atom. The van der Waals surface area contributed by atoms with Gasteiger partial charge in [-0.2, -0.15) is 0 Å². The highest BCUT2D eigenvalue weighted by molar-refractivity contribution is 5.77. The van der Waals surface area contributed by atoms with Crippen LogP contribution < -0.4 is 10.5 Å². The molecule has 1 amide bonds. The number of rotatable bonds is 10. The van der Waals surface area contributed by atoms with Gasteiger partial charge in [-0.3, -0.25) is 19.5 Å². The van der Waals surface area contributed by atoms with Crippen molar-refractivity contribution in [3.63, 3.8) is 0 Å². The van der Waals surface area contributed by atoms with Crippen LogP contribution >= 0.6 is 0 Å². The van der Waals surface area contributed by atoms with Crippen LogP contribution in [0.4, 0.5) is 5.95 Å². The molecule has 1 aromatic heterocycles. The van der Waals surface area contributed by atoms with Crippen molar-refractivity contribution in [3.05, 3.63) is 93.9 Å². The van der Waals surface area contributed by atoms with Crippen LogP contribution in [0.15, 0.2) is 71.5 Å². The summed E-state index contributed by atoms with van der Waals surface area (Å²) in [7, 11) is 0. The third-order valence-corrected chi connectivity index (χ3v) is 7.68. The molecule has 0 bridgehead atoms. The molecule has 2 saturated heterocycles. The van der Waals surface area contributed by atoms with Gasteiger partial charge < -0.3 is 19.4 Å². The fourth-order valence-electron chi connectivity index (χ4n) is 5.36. The number of aromatic amines is 1. The molecular weight excluding hydrogens is 504 g/mol. The number of piperazine rings is 1. The maximum atomic E-state index is 12.8. The number of hydrogen-bond donors (Lipinski definition) is 1. The van der Waals surface area contributed by atoms with Crippen molar-refractivity contribution in [1.29, 1.82) is 0 Å². The van der Waals surface area contributed by atoms with Gasteiger partial charge >= 0.3 is 0 Å². The van der Waals surface area contributed by atoms with Gasteiger partial charge in [-0.25, -0.2) is 4.98 Å². The molecule has 0 aliphatic carbocycles. The van der Waals surface area contributed by atoms with E-state index < -0.39 is 0 Å². The fourth-order valence-corrected chi connectivity index (χ4v) is 5.36. The predicted molar refractivity (Wildman–Crippen MR) is 156 cm³/mol. The van der Waals surface area contributed by atoms with E-state index in [0.29, 0.717) is 38.7 Å². The van der Waals surface area contributed by atoms with Crippen molar-refractivity contribution in [2.75, 3.05) is 70.4 Å². The monoisotopic (exact) mass is 544 g/mol. The normalized spacial score (nSPS) is 17.1. The van der Waals surface area contributed by atoms with Crippen LogP contribution in [0.2, 0.25) is 0 Å². The number of hydrogen-bond acceptors (Lipinski definition) is 7. The third kappa shape index (κ3) is 8.24. The molecule has 0 atom stereocenters. The quantitative estimate of drug-likeness (QED) is 0.420. The molecule has 0 saturated carbocycles. The molecular formula is C31H40N6O3. The number of amides is 1. The van der Waals surface area contributed by atoms with Gasteiger partial charge in [0.2, 0.25) is 11.9 Å². The van der Waals surface area contributed by atoms with E-state index in [4.69, 9.17) is 9.72 Å². The third-order valence-electron chi connectivity index (χ3n) is 7.68. The summed E-state index contributed by atoms with van der Waals surface area (Å²) in [5.41, 5.74) is 3.09. The number of benzene rings is 2. The van der Waals surface area contributed by atoms with Crippen LogP contribution in [0.1, 0.15) is 23.2 Å². The van der Waals surface area contributed by atoms with E-state index in [9.17, 15) is 9.59 Å². The standard InChI is InChI=1S/C31H40N6O3/c38-29-22-28(23-35-18-16-34(17-19-35)15-12-26-8-3-1-4-9-26)32-31(33-29)37-14-7-13-36(20-21-37)30(39)25-40-24-27-10-5-2-6-11-27/h1-6,8-11,22H,7,12-21,23-25H2,(H,32,33,38). The lowest BCUT2D eigenvalue weighted by molar-refractivity contribution is -0.136. The zero-order valence-electron chi connectivity index (χ0n) is 23.2. The SMILES string of the molecule is O=C(COCc1ccccc1)N1CCCN(c2nc(CN3CCN(CCc4ccccc4)CC3)cc(=O)[nH]2)CC1. The highest BCUT2D eigenvalue weighted by atomic mass is 16.5. The van der Waals surface area contributed by atoms with Crippen molar-refractivity contribution in [3.8, 4) is 0 Å². The summed E-state index contributed by atoms with van der Waals surface area (Å²) >= 11 is 0. The molecule has 2 fully saturated rings. The summed E-state index contributed by atoms with van der Waals surface area (Å²) in [6.07, 6.45) is 1.88. The molecule has 212 valence electrons. The van der Waals surface area contributed by atoms with Gasteiger partial charge in [0, 0.05) is 71.5 Å². The van der Waals surface area contributed by atoms with Crippen molar-refractivity contribution in [2.24, 2.45) is 0 Å². The maximum Gasteiger partial charge on any atom is 0.252 e. The second-order valence-corrected chi connectivity index (χ2v) is 10.6. The van der Waals surface area contributed by atoms with Gasteiger partial charge in [0.15, 0.2) is 0 Å². The van der Waals surface area contributed by atoms with E-state index in [2.05, 4.69) is 50.0 Å². The van der Waals surface area contributed by atoms with Gasteiger partial charge in [0.25, 0.3) is 5.56 Å². The Morgan fingerprint density at radius 1 is 0.825 bits per heavy atom. The zero-order chi connectivity index (χ0) is 27.6. The van der Waals surface area contributed by atoms with Crippen LogP contribution in [0.25, 0.3) is 0 Å². The zero-order valence-corrected chi connectivity index (χ0v) is 23.2. The van der Waals surface area contributed by atoms with Gasteiger partial charge in [0.1, 0.15) is 6.61 Å². The Balaban J connectivity index is 1.08. The van der Waals surface area contributed by atoms with Crippen molar-refractivity contribution >= 4 is 11.9 Å². The Labute approximate surface area is 236 Å². The van der Waals surface area contributed by atoms with Crippen molar-refractivity contribution in [1.82, 2.24) is 24.7 Å². The number of H-pyrrole nitrogens is 1. The van der Waals surface area contributed by atoms with Crippen LogP contribution in [0.5, 0.6) is 0 Å². The molecule has 3 aromatic rings. The number of nitrogens with one attached hydrogen (secondary N) is 1. The number of carbonyl (C=O) groups is 1. The molecule has 3 heterocycles. The summed E-state index contributed by atoms with van der Waals surface area (Å²) in [6.45, 7) is 8.80. The summed E-state index contributed by atoms with van der Waals surface area (Å²) in [4.78, 5) is 41.9. The topological polar surface area (TPSA) is 85.0 Å². The van der Waals surface area contributed by atoms with Gasteiger partial charge in [-0.15, -0.1) is 0 Å². The largest absolute Gasteiger partial charge is 0.367 e. The highest BCUT2D eigenvalue weighted by Gasteiger charge is 2.22. The minimum Gasteiger partial charge on any atom is -0.367 e. The predicted octanol–water partition coefficient (Wildman–Crippen LogP) is 2.39. The van der Waals surface area contributed by atoms with Crippen LogP contribution in [-0.2, 0) is 29.1 Å².